The van der Waals surface area contributed by atoms with Crippen LogP contribution in [0.4, 0.5) is 4.79 Å². The molecule has 0 bridgehead atoms. The maximum atomic E-state index is 12.3. The molecule has 0 radical (unpaired) electrons. The van der Waals surface area contributed by atoms with Crippen molar-refractivity contribution in [1.29, 1.82) is 0 Å². The Kier molecular flexibility index (Phi) is 5.20. The number of rotatable bonds is 5. The van der Waals surface area contributed by atoms with Gasteiger partial charge in [-0.1, -0.05) is 43.2 Å². The maximum Gasteiger partial charge on any atom is 0.325 e. The quantitative estimate of drug-likeness (QED) is 0.614. The molecule has 2 aliphatic heterocycles. The number of hydrazone groups is 1. The molecule has 0 aliphatic carbocycles. The summed E-state index contributed by atoms with van der Waals surface area (Å²) in [5.41, 5.74) is 5.09. The fourth-order valence-corrected chi connectivity index (χ4v) is 3.01. The van der Waals surface area contributed by atoms with Crippen molar-refractivity contribution in [3.05, 3.63) is 35.4 Å². The minimum Gasteiger partial charge on any atom is -0.326 e. The lowest BCUT2D eigenvalue weighted by Gasteiger charge is -2.36. The summed E-state index contributed by atoms with van der Waals surface area (Å²) in [6, 6.07) is 7.03. The summed E-state index contributed by atoms with van der Waals surface area (Å²) >= 11 is 0. The lowest BCUT2D eigenvalue weighted by atomic mass is 10.1. The Balaban J connectivity index is 1.77. The first-order valence-electron chi connectivity index (χ1n) is 8.79. The number of likely N-dealkylation sites (N-methyl/N-ethyl adjacent to an activating group) is 1. The predicted octanol–water partition coefficient (Wildman–Crippen LogP) is 1.27. The van der Waals surface area contributed by atoms with Crippen molar-refractivity contribution in [2.75, 3.05) is 13.6 Å². The monoisotopic (exact) mass is 356 g/mol. The van der Waals surface area contributed by atoms with E-state index in [1.807, 2.05) is 36.1 Å². The van der Waals surface area contributed by atoms with Gasteiger partial charge in [0, 0.05) is 13.6 Å². The number of carbonyl (C=O) groups is 2. The first kappa shape index (κ1) is 17.9. The second-order valence-corrected chi connectivity index (χ2v) is 6.54. The molecule has 8 heteroatoms. The molecule has 2 unspecified atom stereocenters. The standard InChI is InChI=1S/C18H24N6O2/c1-4-5-10-24-14-15(23(3)18(26)21-16(14)25)20-17(24)22-19-11-13-8-6-12(2)7-9-13/h6-9,11,14-15H,4-5,10H2,1-3H3,(H,20,22)(H,21,25,26)/b19-11+. The highest BCUT2D eigenvalue weighted by atomic mass is 16.2. The van der Waals surface area contributed by atoms with Crippen molar-refractivity contribution < 1.29 is 9.59 Å². The first-order valence-corrected chi connectivity index (χ1v) is 8.79. The third-order valence-corrected chi connectivity index (χ3v) is 4.57. The lowest BCUT2D eigenvalue weighted by Crippen LogP contribution is -2.64. The summed E-state index contributed by atoms with van der Waals surface area (Å²) in [5, 5.41) is 6.64. The van der Waals surface area contributed by atoms with Gasteiger partial charge < -0.3 is 9.80 Å². The molecule has 1 aromatic carbocycles. The van der Waals surface area contributed by atoms with E-state index in [0.29, 0.717) is 12.5 Å². The van der Waals surface area contributed by atoms with Gasteiger partial charge in [-0.25, -0.2) is 15.2 Å². The number of nitrogens with one attached hydrogen (secondary N) is 2. The van der Waals surface area contributed by atoms with Crippen LogP contribution in [0.2, 0.25) is 0 Å². The van der Waals surface area contributed by atoms with Crippen molar-refractivity contribution in [1.82, 2.24) is 20.5 Å². The number of benzene rings is 1. The molecule has 2 N–H and O–H groups in total. The van der Waals surface area contributed by atoms with Gasteiger partial charge in [0.05, 0.1) is 6.21 Å². The van der Waals surface area contributed by atoms with E-state index in [-0.39, 0.29) is 5.91 Å². The Morgan fingerprint density at radius 3 is 2.73 bits per heavy atom. The van der Waals surface area contributed by atoms with Crippen LogP contribution >= 0.6 is 0 Å². The molecule has 1 aromatic rings. The van der Waals surface area contributed by atoms with Crippen LogP contribution in [0.15, 0.2) is 34.4 Å². The molecule has 8 nitrogen and oxygen atoms in total. The number of amides is 3. The summed E-state index contributed by atoms with van der Waals surface area (Å²) in [6.07, 6.45) is 3.07. The van der Waals surface area contributed by atoms with Crippen molar-refractivity contribution in [2.45, 2.75) is 38.9 Å². The third-order valence-electron chi connectivity index (χ3n) is 4.57. The zero-order chi connectivity index (χ0) is 18.7. The van der Waals surface area contributed by atoms with Gasteiger partial charge in [-0.15, -0.1) is 0 Å². The topological polar surface area (TPSA) is 89.4 Å². The van der Waals surface area contributed by atoms with Crippen LogP contribution in [0.1, 0.15) is 30.9 Å². The largest absolute Gasteiger partial charge is 0.326 e. The molecule has 0 spiro atoms. The molecule has 3 amide bonds. The molecule has 2 heterocycles. The Morgan fingerprint density at radius 1 is 1.31 bits per heavy atom. The van der Waals surface area contributed by atoms with E-state index in [1.54, 1.807) is 13.3 Å². The second-order valence-electron chi connectivity index (χ2n) is 6.54. The normalized spacial score (nSPS) is 22.5. The summed E-state index contributed by atoms with van der Waals surface area (Å²) in [4.78, 5) is 32.1. The SMILES string of the molecule is CCCCN1C(N/N=C/c2ccc(C)cc2)=NC2C1C(=O)NC(=O)N2C. The van der Waals surface area contributed by atoms with E-state index >= 15 is 0 Å². The molecule has 1 fully saturated rings. The number of aryl methyl sites for hydroxylation is 1. The minimum absolute atomic E-state index is 0.322. The van der Waals surface area contributed by atoms with E-state index in [0.717, 1.165) is 18.4 Å². The molecule has 2 aliphatic rings. The van der Waals surface area contributed by atoms with Gasteiger partial charge in [0.15, 0.2) is 12.2 Å². The summed E-state index contributed by atoms with van der Waals surface area (Å²) < 4.78 is 0. The molecule has 0 aromatic heterocycles. The van der Waals surface area contributed by atoms with Gasteiger partial charge in [-0.3, -0.25) is 10.1 Å². The molecule has 26 heavy (non-hydrogen) atoms. The van der Waals surface area contributed by atoms with Gasteiger partial charge in [0.2, 0.25) is 5.96 Å². The van der Waals surface area contributed by atoms with E-state index < -0.39 is 18.2 Å². The van der Waals surface area contributed by atoms with Gasteiger partial charge in [-0.05, 0) is 18.9 Å². The predicted molar refractivity (Wildman–Crippen MR) is 99.8 cm³/mol. The Labute approximate surface area is 153 Å². The van der Waals surface area contributed by atoms with E-state index in [2.05, 4.69) is 27.8 Å². The molecule has 2 atom stereocenters. The van der Waals surface area contributed by atoms with Crippen molar-refractivity contribution >= 4 is 24.1 Å². The van der Waals surface area contributed by atoms with Crippen molar-refractivity contribution in [2.24, 2.45) is 10.1 Å². The highest BCUT2D eigenvalue weighted by molar-refractivity contribution is 6.03. The van der Waals surface area contributed by atoms with E-state index in [9.17, 15) is 9.59 Å². The molecular weight excluding hydrogens is 332 g/mol. The molecule has 138 valence electrons. The second kappa shape index (κ2) is 7.55. The number of aliphatic imine (C=N–C) groups is 1. The number of carbonyl (C=O) groups excluding carboxylic acids is 2. The van der Waals surface area contributed by atoms with Crippen LogP contribution in [-0.4, -0.2) is 59.7 Å². The van der Waals surface area contributed by atoms with Crippen LogP contribution in [0.3, 0.4) is 0 Å². The number of imide groups is 1. The molecular formula is C18H24N6O2. The lowest BCUT2D eigenvalue weighted by molar-refractivity contribution is -0.127. The Hall–Kier alpha value is -2.90. The van der Waals surface area contributed by atoms with Crippen molar-refractivity contribution in [3.63, 3.8) is 0 Å². The van der Waals surface area contributed by atoms with Gasteiger partial charge in [0.1, 0.15) is 0 Å². The minimum atomic E-state index is -0.537. The number of nitrogens with zero attached hydrogens (tertiary/aromatic N) is 4. The molecule has 3 rings (SSSR count). The van der Waals surface area contributed by atoms with Crippen LogP contribution in [0.5, 0.6) is 0 Å². The first-order chi connectivity index (χ1) is 12.5. The van der Waals surface area contributed by atoms with Crippen LogP contribution in [0, 0.1) is 6.92 Å². The van der Waals surface area contributed by atoms with Crippen LogP contribution in [0.25, 0.3) is 0 Å². The number of urea groups is 1. The smallest absolute Gasteiger partial charge is 0.325 e. The molecule has 1 saturated heterocycles. The van der Waals surface area contributed by atoms with Crippen LogP contribution in [-0.2, 0) is 4.79 Å². The highest BCUT2D eigenvalue weighted by Crippen LogP contribution is 2.23. The van der Waals surface area contributed by atoms with E-state index in [1.165, 1.54) is 10.5 Å². The Bertz CT molecular complexity index is 743. The average Bonchev–Trinajstić information content (AvgIpc) is 2.99. The zero-order valence-corrected chi connectivity index (χ0v) is 15.3. The number of hydrogen-bond acceptors (Lipinski definition) is 6. The van der Waals surface area contributed by atoms with Crippen molar-refractivity contribution in [3.8, 4) is 0 Å². The zero-order valence-electron chi connectivity index (χ0n) is 15.3. The highest BCUT2D eigenvalue weighted by Gasteiger charge is 2.48. The average molecular weight is 356 g/mol. The fourth-order valence-electron chi connectivity index (χ4n) is 3.01. The maximum absolute atomic E-state index is 12.3. The van der Waals surface area contributed by atoms with Gasteiger partial charge in [0.25, 0.3) is 5.91 Å². The molecule has 0 saturated carbocycles. The van der Waals surface area contributed by atoms with Crippen LogP contribution < -0.4 is 10.7 Å². The third kappa shape index (κ3) is 3.54. The van der Waals surface area contributed by atoms with E-state index in [4.69, 9.17) is 0 Å². The summed E-state index contributed by atoms with van der Waals surface area (Å²) in [5.74, 6) is 0.186. The van der Waals surface area contributed by atoms with Gasteiger partial charge >= 0.3 is 6.03 Å². The summed E-state index contributed by atoms with van der Waals surface area (Å²) in [6.45, 7) is 4.78. The number of guanidine groups is 1. The number of unbranched alkanes of at least 4 members (excludes halogenated alkanes) is 1. The Morgan fingerprint density at radius 2 is 2.04 bits per heavy atom. The fraction of sp³-hybridized carbons (Fsp3) is 0.444. The number of fused-ring (bicyclic) bond motifs is 1. The number of hydrogen-bond donors (Lipinski definition) is 2. The summed E-state index contributed by atoms with van der Waals surface area (Å²) in [7, 11) is 1.64. The van der Waals surface area contributed by atoms with Gasteiger partial charge in [-0.2, -0.15) is 5.10 Å².